The van der Waals surface area contributed by atoms with Crippen molar-refractivity contribution in [2.24, 2.45) is 5.92 Å². The van der Waals surface area contributed by atoms with Crippen LogP contribution in [0.2, 0.25) is 0 Å². The molecule has 2 rings (SSSR count). The van der Waals surface area contributed by atoms with E-state index in [1.54, 1.807) is 6.92 Å². The molecule has 1 aliphatic heterocycles. The SMILES string of the molecule is CC(CS)C(=O)N1C[C@H](OCCOc2ccccc2)C[C@H]1C(=O)O. The summed E-state index contributed by atoms with van der Waals surface area (Å²) >= 11 is 4.11. The second-order valence-electron chi connectivity index (χ2n) is 5.82. The zero-order valence-corrected chi connectivity index (χ0v) is 14.5. The number of hydrogen-bond acceptors (Lipinski definition) is 5. The summed E-state index contributed by atoms with van der Waals surface area (Å²) in [4.78, 5) is 25.1. The quantitative estimate of drug-likeness (QED) is 0.550. The van der Waals surface area contributed by atoms with Crippen LogP contribution in [0.15, 0.2) is 30.3 Å². The van der Waals surface area contributed by atoms with E-state index in [-0.39, 0.29) is 17.9 Å². The summed E-state index contributed by atoms with van der Waals surface area (Å²) in [6.45, 7) is 2.75. The minimum absolute atomic E-state index is 0.191. The van der Waals surface area contributed by atoms with Crippen LogP contribution in [-0.4, -0.2) is 59.5 Å². The Bertz CT molecular complexity index is 553. The van der Waals surface area contributed by atoms with Crippen molar-refractivity contribution in [1.29, 1.82) is 0 Å². The van der Waals surface area contributed by atoms with E-state index in [9.17, 15) is 14.7 Å². The zero-order chi connectivity index (χ0) is 17.5. The van der Waals surface area contributed by atoms with Crippen LogP contribution in [0.4, 0.5) is 0 Å². The number of carbonyl (C=O) groups is 2. The molecule has 1 unspecified atom stereocenters. The number of likely N-dealkylation sites (tertiary alicyclic amines) is 1. The molecule has 1 fully saturated rings. The molecule has 1 aromatic carbocycles. The molecule has 0 aliphatic carbocycles. The summed E-state index contributed by atoms with van der Waals surface area (Å²) < 4.78 is 11.2. The minimum atomic E-state index is -0.999. The number of ether oxygens (including phenoxy) is 2. The Morgan fingerprint density at radius 1 is 1.33 bits per heavy atom. The lowest BCUT2D eigenvalue weighted by Gasteiger charge is -2.24. The summed E-state index contributed by atoms with van der Waals surface area (Å²) in [5.74, 6) is -0.353. The monoisotopic (exact) mass is 353 g/mol. The predicted molar refractivity (Wildman–Crippen MR) is 92.4 cm³/mol. The highest BCUT2D eigenvalue weighted by atomic mass is 32.1. The summed E-state index contributed by atoms with van der Waals surface area (Å²) in [6, 6.07) is 8.56. The van der Waals surface area contributed by atoms with Gasteiger partial charge in [-0.1, -0.05) is 25.1 Å². The fourth-order valence-corrected chi connectivity index (χ4v) is 2.80. The molecule has 0 saturated carbocycles. The van der Waals surface area contributed by atoms with Gasteiger partial charge in [0.05, 0.1) is 12.7 Å². The van der Waals surface area contributed by atoms with E-state index in [0.717, 1.165) is 5.75 Å². The molecule has 1 heterocycles. The Kier molecular flexibility index (Phi) is 6.93. The Morgan fingerprint density at radius 2 is 2.04 bits per heavy atom. The molecular formula is C17H23NO5S. The van der Waals surface area contributed by atoms with Gasteiger partial charge in [0.1, 0.15) is 18.4 Å². The van der Waals surface area contributed by atoms with E-state index < -0.39 is 12.0 Å². The van der Waals surface area contributed by atoms with E-state index in [0.29, 0.717) is 31.9 Å². The highest BCUT2D eigenvalue weighted by Crippen LogP contribution is 2.23. The average Bonchev–Trinajstić information content (AvgIpc) is 3.02. The standard InChI is InChI=1S/C17H23NO5S/c1-12(11-24)16(19)18-10-14(9-15(18)17(20)21)23-8-7-22-13-5-3-2-4-6-13/h2-6,12,14-15,24H,7-11H2,1H3,(H,20,21)/t12?,14-,15+/m1/s1. The number of aliphatic carboxylic acids is 1. The third-order valence-electron chi connectivity index (χ3n) is 3.98. The van der Waals surface area contributed by atoms with Gasteiger partial charge in [0.15, 0.2) is 0 Å². The topological polar surface area (TPSA) is 76.1 Å². The van der Waals surface area contributed by atoms with Gasteiger partial charge in [-0.15, -0.1) is 0 Å². The summed E-state index contributed by atoms with van der Waals surface area (Å²) in [6.07, 6.45) is 0.00708. The lowest BCUT2D eigenvalue weighted by Crippen LogP contribution is -2.43. The van der Waals surface area contributed by atoms with Crippen LogP contribution in [0.25, 0.3) is 0 Å². The summed E-state index contributed by atoms with van der Waals surface area (Å²) in [5.41, 5.74) is 0. The number of para-hydroxylation sites is 1. The van der Waals surface area contributed by atoms with Crippen molar-refractivity contribution in [3.63, 3.8) is 0 Å². The second-order valence-corrected chi connectivity index (χ2v) is 6.18. The molecule has 0 spiro atoms. The van der Waals surface area contributed by atoms with Crippen molar-refractivity contribution in [1.82, 2.24) is 4.90 Å². The molecule has 0 aromatic heterocycles. The highest BCUT2D eigenvalue weighted by molar-refractivity contribution is 7.80. The second kappa shape index (κ2) is 8.94. The van der Waals surface area contributed by atoms with Crippen molar-refractivity contribution >= 4 is 24.5 Å². The van der Waals surface area contributed by atoms with Gasteiger partial charge < -0.3 is 19.5 Å². The normalized spacial score (nSPS) is 21.5. The number of rotatable bonds is 8. The fourth-order valence-electron chi connectivity index (χ4n) is 2.65. The summed E-state index contributed by atoms with van der Waals surface area (Å²) in [5, 5.41) is 9.33. The molecule has 1 aliphatic rings. The number of hydrogen-bond donors (Lipinski definition) is 2. The molecule has 132 valence electrons. The average molecular weight is 353 g/mol. The van der Waals surface area contributed by atoms with E-state index in [1.807, 2.05) is 30.3 Å². The lowest BCUT2D eigenvalue weighted by molar-refractivity contribution is -0.149. The van der Waals surface area contributed by atoms with Crippen LogP contribution in [0.1, 0.15) is 13.3 Å². The number of nitrogens with zero attached hydrogens (tertiary/aromatic N) is 1. The molecule has 1 amide bonds. The Balaban J connectivity index is 1.82. The van der Waals surface area contributed by atoms with Gasteiger partial charge in [0, 0.05) is 24.6 Å². The van der Waals surface area contributed by atoms with Crippen LogP contribution >= 0.6 is 12.6 Å². The first-order valence-electron chi connectivity index (χ1n) is 7.96. The van der Waals surface area contributed by atoms with Crippen LogP contribution in [0.3, 0.4) is 0 Å². The molecular weight excluding hydrogens is 330 g/mol. The predicted octanol–water partition coefficient (Wildman–Crippen LogP) is 1.70. The van der Waals surface area contributed by atoms with E-state index in [2.05, 4.69) is 12.6 Å². The van der Waals surface area contributed by atoms with Gasteiger partial charge in [0.2, 0.25) is 5.91 Å². The molecule has 1 aromatic rings. The first-order chi connectivity index (χ1) is 11.5. The summed E-state index contributed by atoms with van der Waals surface area (Å²) in [7, 11) is 0. The van der Waals surface area contributed by atoms with E-state index in [4.69, 9.17) is 9.47 Å². The molecule has 6 nitrogen and oxygen atoms in total. The van der Waals surface area contributed by atoms with Crippen LogP contribution in [0.5, 0.6) is 5.75 Å². The number of carboxylic acids is 1. The number of benzene rings is 1. The van der Waals surface area contributed by atoms with Crippen LogP contribution < -0.4 is 4.74 Å². The van der Waals surface area contributed by atoms with Crippen molar-refractivity contribution in [2.75, 3.05) is 25.5 Å². The maximum atomic E-state index is 12.3. The van der Waals surface area contributed by atoms with Gasteiger partial charge in [0.25, 0.3) is 0 Å². The first-order valence-corrected chi connectivity index (χ1v) is 8.59. The molecule has 1 N–H and O–H groups in total. The van der Waals surface area contributed by atoms with Crippen LogP contribution in [-0.2, 0) is 14.3 Å². The van der Waals surface area contributed by atoms with Crippen molar-refractivity contribution < 1.29 is 24.2 Å². The van der Waals surface area contributed by atoms with E-state index >= 15 is 0 Å². The van der Waals surface area contributed by atoms with Crippen molar-refractivity contribution in [3.8, 4) is 5.75 Å². The zero-order valence-electron chi connectivity index (χ0n) is 13.6. The largest absolute Gasteiger partial charge is 0.491 e. The maximum absolute atomic E-state index is 12.3. The van der Waals surface area contributed by atoms with Crippen LogP contribution in [0, 0.1) is 5.92 Å². The van der Waals surface area contributed by atoms with E-state index in [1.165, 1.54) is 4.90 Å². The first kappa shape index (κ1) is 18.6. The molecule has 24 heavy (non-hydrogen) atoms. The number of thiol groups is 1. The third-order valence-corrected chi connectivity index (χ3v) is 4.52. The molecule has 3 atom stereocenters. The lowest BCUT2D eigenvalue weighted by atomic mass is 10.1. The minimum Gasteiger partial charge on any atom is -0.491 e. The molecule has 0 radical (unpaired) electrons. The van der Waals surface area contributed by atoms with Gasteiger partial charge in [-0.3, -0.25) is 4.79 Å². The molecule has 1 saturated heterocycles. The Labute approximate surface area is 147 Å². The fraction of sp³-hybridized carbons (Fsp3) is 0.529. The number of amides is 1. The van der Waals surface area contributed by atoms with Gasteiger partial charge >= 0.3 is 5.97 Å². The van der Waals surface area contributed by atoms with Gasteiger partial charge in [-0.2, -0.15) is 12.6 Å². The smallest absolute Gasteiger partial charge is 0.326 e. The van der Waals surface area contributed by atoms with Gasteiger partial charge in [-0.25, -0.2) is 4.79 Å². The van der Waals surface area contributed by atoms with Crippen molar-refractivity contribution in [2.45, 2.75) is 25.5 Å². The maximum Gasteiger partial charge on any atom is 0.326 e. The Morgan fingerprint density at radius 3 is 2.67 bits per heavy atom. The van der Waals surface area contributed by atoms with Gasteiger partial charge in [-0.05, 0) is 12.1 Å². The number of carbonyl (C=O) groups excluding carboxylic acids is 1. The third kappa shape index (κ3) is 4.88. The Hall–Kier alpha value is -1.73. The number of carboxylic acid groups (broad SMARTS) is 1. The molecule has 7 heteroatoms. The van der Waals surface area contributed by atoms with Crippen molar-refractivity contribution in [3.05, 3.63) is 30.3 Å². The molecule has 0 bridgehead atoms. The highest BCUT2D eigenvalue weighted by Gasteiger charge is 2.41.